The Bertz CT molecular complexity index is 328. The average Bonchev–Trinajstić information content (AvgIpc) is 2.81. The molecule has 3 nitrogen and oxygen atoms in total. The van der Waals surface area contributed by atoms with Gasteiger partial charge in [-0.3, -0.25) is 4.79 Å². The molecule has 0 bridgehead atoms. The first-order valence-corrected chi connectivity index (χ1v) is 5.63. The third-order valence-corrected chi connectivity index (χ3v) is 2.59. The standard InChI is InChI=1S/C13H16O3/c14-12(6-7-13-15-8-9-16-13)10-11-4-2-1-3-5-11/h1-5,13H,6-10H2. The summed E-state index contributed by atoms with van der Waals surface area (Å²) in [6, 6.07) is 9.80. The molecule has 16 heavy (non-hydrogen) atoms. The van der Waals surface area contributed by atoms with E-state index in [0.717, 1.165) is 5.56 Å². The molecule has 0 N–H and O–H groups in total. The van der Waals surface area contributed by atoms with Gasteiger partial charge in [-0.05, 0) is 5.56 Å². The molecule has 1 fully saturated rings. The third-order valence-electron chi connectivity index (χ3n) is 2.59. The quantitative estimate of drug-likeness (QED) is 0.760. The van der Waals surface area contributed by atoms with Crippen LogP contribution in [-0.2, 0) is 20.7 Å². The van der Waals surface area contributed by atoms with Crippen LogP contribution in [0, 0.1) is 0 Å². The van der Waals surface area contributed by atoms with Gasteiger partial charge in [-0.15, -0.1) is 0 Å². The van der Waals surface area contributed by atoms with Crippen molar-refractivity contribution in [2.45, 2.75) is 25.6 Å². The monoisotopic (exact) mass is 220 g/mol. The van der Waals surface area contributed by atoms with E-state index < -0.39 is 0 Å². The second-order valence-electron chi connectivity index (χ2n) is 3.91. The lowest BCUT2D eigenvalue weighted by Crippen LogP contribution is -2.11. The minimum Gasteiger partial charge on any atom is -0.350 e. The Balaban J connectivity index is 1.72. The van der Waals surface area contributed by atoms with Crippen LogP contribution in [0.25, 0.3) is 0 Å². The molecular formula is C13H16O3. The van der Waals surface area contributed by atoms with E-state index in [1.54, 1.807) is 0 Å². The molecule has 1 aliphatic rings. The highest BCUT2D eigenvalue weighted by atomic mass is 16.7. The normalized spacial score (nSPS) is 16.5. The lowest BCUT2D eigenvalue weighted by atomic mass is 10.1. The van der Waals surface area contributed by atoms with Gasteiger partial charge in [0.15, 0.2) is 6.29 Å². The number of carbonyl (C=O) groups is 1. The number of hydrogen-bond donors (Lipinski definition) is 0. The van der Waals surface area contributed by atoms with Crippen LogP contribution in [0.5, 0.6) is 0 Å². The van der Waals surface area contributed by atoms with E-state index in [9.17, 15) is 4.79 Å². The molecule has 0 aromatic heterocycles. The maximum Gasteiger partial charge on any atom is 0.158 e. The molecule has 0 radical (unpaired) electrons. The Labute approximate surface area is 95.4 Å². The molecule has 2 rings (SSSR count). The first kappa shape index (κ1) is 11.3. The maximum atomic E-state index is 11.7. The molecule has 0 spiro atoms. The Kier molecular flexibility index (Phi) is 4.08. The van der Waals surface area contributed by atoms with Crippen LogP contribution in [-0.4, -0.2) is 25.3 Å². The molecule has 3 heteroatoms. The van der Waals surface area contributed by atoms with Crippen molar-refractivity contribution in [3.8, 4) is 0 Å². The number of rotatable bonds is 5. The Hall–Kier alpha value is -1.19. The van der Waals surface area contributed by atoms with Crippen LogP contribution in [0.2, 0.25) is 0 Å². The van der Waals surface area contributed by atoms with Crippen molar-refractivity contribution in [3.05, 3.63) is 35.9 Å². The van der Waals surface area contributed by atoms with Gasteiger partial charge in [0.1, 0.15) is 5.78 Å². The van der Waals surface area contributed by atoms with Gasteiger partial charge in [0.2, 0.25) is 0 Å². The summed E-state index contributed by atoms with van der Waals surface area (Å²) in [6.07, 6.45) is 1.54. The summed E-state index contributed by atoms with van der Waals surface area (Å²) >= 11 is 0. The van der Waals surface area contributed by atoms with Crippen molar-refractivity contribution < 1.29 is 14.3 Å². The minimum atomic E-state index is -0.167. The van der Waals surface area contributed by atoms with E-state index in [-0.39, 0.29) is 12.1 Å². The zero-order valence-corrected chi connectivity index (χ0v) is 9.22. The number of ether oxygens (including phenoxy) is 2. The van der Waals surface area contributed by atoms with E-state index in [4.69, 9.17) is 9.47 Å². The highest BCUT2D eigenvalue weighted by Gasteiger charge is 2.16. The molecule has 1 aliphatic heterocycles. The molecule has 1 heterocycles. The minimum absolute atomic E-state index is 0.167. The van der Waals surface area contributed by atoms with Crippen LogP contribution in [0.3, 0.4) is 0 Å². The van der Waals surface area contributed by atoms with Gasteiger partial charge < -0.3 is 9.47 Å². The second-order valence-corrected chi connectivity index (χ2v) is 3.91. The van der Waals surface area contributed by atoms with Gasteiger partial charge in [-0.25, -0.2) is 0 Å². The van der Waals surface area contributed by atoms with Crippen molar-refractivity contribution in [2.75, 3.05) is 13.2 Å². The van der Waals surface area contributed by atoms with Crippen LogP contribution < -0.4 is 0 Å². The SMILES string of the molecule is O=C(CCC1OCCO1)Cc1ccccc1. The van der Waals surface area contributed by atoms with Gasteiger partial charge in [-0.1, -0.05) is 30.3 Å². The number of carbonyl (C=O) groups excluding carboxylic acids is 1. The molecule has 1 saturated heterocycles. The number of ketones is 1. The molecular weight excluding hydrogens is 204 g/mol. The number of benzene rings is 1. The zero-order valence-electron chi connectivity index (χ0n) is 9.22. The van der Waals surface area contributed by atoms with Crippen LogP contribution >= 0.6 is 0 Å². The Morgan fingerprint density at radius 1 is 1.19 bits per heavy atom. The maximum absolute atomic E-state index is 11.7. The molecule has 1 aromatic rings. The predicted molar refractivity (Wildman–Crippen MR) is 60.1 cm³/mol. The first-order chi connectivity index (χ1) is 7.84. The summed E-state index contributed by atoms with van der Waals surface area (Å²) in [6.45, 7) is 1.30. The second kappa shape index (κ2) is 5.77. The summed E-state index contributed by atoms with van der Waals surface area (Å²) in [5, 5.41) is 0. The summed E-state index contributed by atoms with van der Waals surface area (Å²) in [4.78, 5) is 11.7. The van der Waals surface area contributed by atoms with E-state index >= 15 is 0 Å². The van der Waals surface area contributed by atoms with Gasteiger partial charge in [-0.2, -0.15) is 0 Å². The summed E-state index contributed by atoms with van der Waals surface area (Å²) < 4.78 is 10.6. The fourth-order valence-corrected chi connectivity index (χ4v) is 1.76. The van der Waals surface area contributed by atoms with E-state index in [1.165, 1.54) is 0 Å². The van der Waals surface area contributed by atoms with Crippen molar-refractivity contribution in [2.24, 2.45) is 0 Å². The summed E-state index contributed by atoms with van der Waals surface area (Å²) in [5.74, 6) is 0.241. The van der Waals surface area contributed by atoms with Gasteiger partial charge in [0, 0.05) is 19.3 Å². The van der Waals surface area contributed by atoms with Gasteiger partial charge >= 0.3 is 0 Å². The average molecular weight is 220 g/mol. The topological polar surface area (TPSA) is 35.5 Å². The molecule has 0 atom stereocenters. The van der Waals surface area contributed by atoms with Crippen LogP contribution in [0.15, 0.2) is 30.3 Å². The van der Waals surface area contributed by atoms with E-state index in [2.05, 4.69) is 0 Å². The molecule has 0 amide bonds. The van der Waals surface area contributed by atoms with E-state index in [1.807, 2.05) is 30.3 Å². The third kappa shape index (κ3) is 3.43. The Morgan fingerprint density at radius 3 is 2.56 bits per heavy atom. The molecule has 0 saturated carbocycles. The fourth-order valence-electron chi connectivity index (χ4n) is 1.76. The molecule has 0 aliphatic carbocycles. The van der Waals surface area contributed by atoms with Crippen molar-refractivity contribution in [1.29, 1.82) is 0 Å². The van der Waals surface area contributed by atoms with Crippen molar-refractivity contribution >= 4 is 5.78 Å². The van der Waals surface area contributed by atoms with Gasteiger partial charge in [0.05, 0.1) is 13.2 Å². The fraction of sp³-hybridized carbons (Fsp3) is 0.462. The van der Waals surface area contributed by atoms with Gasteiger partial charge in [0.25, 0.3) is 0 Å². The number of hydrogen-bond acceptors (Lipinski definition) is 3. The predicted octanol–water partition coefficient (Wildman–Crippen LogP) is 1.95. The van der Waals surface area contributed by atoms with Crippen LogP contribution in [0.4, 0.5) is 0 Å². The summed E-state index contributed by atoms with van der Waals surface area (Å²) in [5.41, 5.74) is 1.07. The van der Waals surface area contributed by atoms with Crippen molar-refractivity contribution in [1.82, 2.24) is 0 Å². The van der Waals surface area contributed by atoms with E-state index in [0.29, 0.717) is 32.5 Å². The molecule has 86 valence electrons. The first-order valence-electron chi connectivity index (χ1n) is 5.63. The Morgan fingerprint density at radius 2 is 1.88 bits per heavy atom. The smallest absolute Gasteiger partial charge is 0.158 e. The van der Waals surface area contributed by atoms with Crippen molar-refractivity contribution in [3.63, 3.8) is 0 Å². The highest BCUT2D eigenvalue weighted by molar-refractivity contribution is 5.80. The van der Waals surface area contributed by atoms with Crippen LogP contribution in [0.1, 0.15) is 18.4 Å². The number of Topliss-reactive ketones (excluding diaryl/α,β-unsaturated/α-hetero) is 1. The highest BCUT2D eigenvalue weighted by Crippen LogP contribution is 2.11. The largest absolute Gasteiger partial charge is 0.350 e. The lowest BCUT2D eigenvalue weighted by Gasteiger charge is -2.07. The molecule has 1 aromatic carbocycles. The molecule has 0 unspecified atom stereocenters. The lowest BCUT2D eigenvalue weighted by molar-refractivity contribution is -0.120. The summed E-state index contributed by atoms with van der Waals surface area (Å²) in [7, 11) is 0. The zero-order chi connectivity index (χ0) is 11.2.